The molecule has 1 aromatic heterocycles. The highest BCUT2D eigenvalue weighted by Crippen LogP contribution is 2.31. The first-order valence-corrected chi connectivity index (χ1v) is 11.5. The van der Waals surface area contributed by atoms with Crippen LogP contribution in [0.1, 0.15) is 49.8 Å². The van der Waals surface area contributed by atoms with Crippen molar-refractivity contribution in [3.8, 4) is 5.75 Å². The molecule has 0 radical (unpaired) electrons. The number of ether oxygens (including phenoxy) is 1. The van der Waals surface area contributed by atoms with Crippen molar-refractivity contribution in [2.75, 3.05) is 25.6 Å². The molecule has 166 valence electrons. The summed E-state index contributed by atoms with van der Waals surface area (Å²) in [6, 6.07) is 25.1. The number of unbranched alkanes of at least 4 members (excludes halogenated alkanes) is 3. The Morgan fingerprint density at radius 3 is 2.22 bits per heavy atom. The SMILES string of the molecule is CCCCCCOc1ccc(C(c2ccc(N(C)C)cc2)n2nnc3ccccc32)cc1. The monoisotopic (exact) mass is 428 g/mol. The Morgan fingerprint density at radius 1 is 0.844 bits per heavy atom. The molecule has 0 aliphatic carbocycles. The Hall–Kier alpha value is -3.34. The minimum Gasteiger partial charge on any atom is -0.494 e. The molecule has 3 aromatic carbocycles. The molecule has 0 saturated carbocycles. The highest BCUT2D eigenvalue weighted by Gasteiger charge is 2.20. The maximum Gasteiger partial charge on any atom is 0.119 e. The molecule has 4 rings (SSSR count). The van der Waals surface area contributed by atoms with Crippen molar-refractivity contribution in [2.24, 2.45) is 0 Å². The van der Waals surface area contributed by atoms with Crippen LogP contribution in [0.2, 0.25) is 0 Å². The summed E-state index contributed by atoms with van der Waals surface area (Å²) in [5.74, 6) is 0.912. The Kier molecular flexibility index (Phi) is 7.05. The average molecular weight is 429 g/mol. The molecule has 0 bridgehead atoms. The average Bonchev–Trinajstić information content (AvgIpc) is 3.24. The van der Waals surface area contributed by atoms with Crippen LogP contribution < -0.4 is 9.64 Å². The second-order valence-electron chi connectivity index (χ2n) is 8.39. The number of hydrogen-bond donors (Lipinski definition) is 0. The van der Waals surface area contributed by atoms with E-state index in [4.69, 9.17) is 4.74 Å². The zero-order chi connectivity index (χ0) is 22.3. The summed E-state index contributed by atoms with van der Waals surface area (Å²) in [5.41, 5.74) is 5.40. The molecule has 0 fully saturated rings. The Morgan fingerprint density at radius 2 is 1.53 bits per heavy atom. The number of anilines is 1. The van der Waals surface area contributed by atoms with Crippen LogP contribution >= 0.6 is 0 Å². The minimum atomic E-state index is -0.0720. The smallest absolute Gasteiger partial charge is 0.119 e. The lowest BCUT2D eigenvalue weighted by Gasteiger charge is -2.21. The Balaban J connectivity index is 1.64. The van der Waals surface area contributed by atoms with Crippen LogP contribution in [-0.2, 0) is 0 Å². The van der Waals surface area contributed by atoms with Gasteiger partial charge in [-0.15, -0.1) is 5.10 Å². The van der Waals surface area contributed by atoms with Gasteiger partial charge in [-0.2, -0.15) is 0 Å². The van der Waals surface area contributed by atoms with Gasteiger partial charge in [-0.1, -0.05) is 67.8 Å². The van der Waals surface area contributed by atoms with Crippen molar-refractivity contribution < 1.29 is 4.74 Å². The van der Waals surface area contributed by atoms with Gasteiger partial charge >= 0.3 is 0 Å². The lowest BCUT2D eigenvalue weighted by molar-refractivity contribution is 0.305. The van der Waals surface area contributed by atoms with Gasteiger partial charge in [0, 0.05) is 19.8 Å². The topological polar surface area (TPSA) is 43.2 Å². The van der Waals surface area contributed by atoms with Crippen LogP contribution in [0.4, 0.5) is 5.69 Å². The van der Waals surface area contributed by atoms with Crippen molar-refractivity contribution in [3.05, 3.63) is 83.9 Å². The van der Waals surface area contributed by atoms with Crippen molar-refractivity contribution in [1.82, 2.24) is 15.0 Å². The minimum absolute atomic E-state index is 0.0720. The van der Waals surface area contributed by atoms with Crippen LogP contribution in [0.3, 0.4) is 0 Å². The number of aromatic nitrogens is 3. The van der Waals surface area contributed by atoms with Crippen molar-refractivity contribution in [1.29, 1.82) is 0 Å². The molecule has 5 nitrogen and oxygen atoms in total. The zero-order valence-corrected chi connectivity index (χ0v) is 19.2. The zero-order valence-electron chi connectivity index (χ0n) is 19.2. The molecule has 0 aliphatic heterocycles. The van der Waals surface area contributed by atoms with E-state index >= 15 is 0 Å². The van der Waals surface area contributed by atoms with E-state index in [1.54, 1.807) is 0 Å². The quantitative estimate of drug-likeness (QED) is 0.287. The van der Waals surface area contributed by atoms with E-state index in [0.29, 0.717) is 0 Å². The van der Waals surface area contributed by atoms with Crippen LogP contribution in [0, 0.1) is 0 Å². The van der Waals surface area contributed by atoms with E-state index in [0.717, 1.165) is 35.4 Å². The highest BCUT2D eigenvalue weighted by atomic mass is 16.5. The molecular weight excluding hydrogens is 396 g/mol. The summed E-state index contributed by atoms with van der Waals surface area (Å²) in [7, 11) is 4.11. The van der Waals surface area contributed by atoms with Crippen molar-refractivity contribution in [2.45, 2.75) is 38.6 Å². The number of hydrogen-bond acceptors (Lipinski definition) is 4. The van der Waals surface area contributed by atoms with E-state index in [1.807, 2.05) is 22.9 Å². The van der Waals surface area contributed by atoms with Gasteiger partial charge in [-0.3, -0.25) is 0 Å². The second kappa shape index (κ2) is 10.3. The standard InChI is InChI=1S/C27H32N4O/c1-4-5-6-9-20-32-24-18-14-22(15-19-24)27(21-12-16-23(17-13-21)30(2)3)31-26-11-8-7-10-25(26)28-29-31/h7-8,10-19,27H,4-6,9,20H2,1-3H3. The first-order valence-electron chi connectivity index (χ1n) is 11.5. The van der Waals surface area contributed by atoms with E-state index in [-0.39, 0.29) is 6.04 Å². The summed E-state index contributed by atoms with van der Waals surface area (Å²) >= 11 is 0. The Labute approximate surface area is 190 Å². The van der Waals surface area contributed by atoms with Crippen LogP contribution in [-0.4, -0.2) is 35.7 Å². The van der Waals surface area contributed by atoms with Gasteiger partial charge in [0.15, 0.2) is 0 Å². The number of rotatable bonds is 10. The molecular formula is C27H32N4O. The highest BCUT2D eigenvalue weighted by molar-refractivity contribution is 5.74. The molecule has 0 saturated heterocycles. The molecule has 0 aliphatic rings. The molecule has 1 unspecified atom stereocenters. The fourth-order valence-electron chi connectivity index (χ4n) is 3.97. The second-order valence-corrected chi connectivity index (χ2v) is 8.39. The van der Waals surface area contributed by atoms with Crippen molar-refractivity contribution in [3.63, 3.8) is 0 Å². The van der Waals surface area contributed by atoms with E-state index in [1.165, 1.54) is 30.5 Å². The molecule has 1 atom stereocenters. The van der Waals surface area contributed by atoms with E-state index in [2.05, 4.69) is 90.8 Å². The lowest BCUT2D eigenvalue weighted by Crippen LogP contribution is -2.15. The number of nitrogens with zero attached hydrogens (tertiary/aromatic N) is 4. The largest absolute Gasteiger partial charge is 0.494 e. The maximum atomic E-state index is 5.96. The maximum absolute atomic E-state index is 5.96. The normalized spacial score (nSPS) is 12.1. The van der Waals surface area contributed by atoms with E-state index in [9.17, 15) is 0 Å². The molecule has 5 heteroatoms. The third-order valence-corrected chi connectivity index (χ3v) is 5.81. The van der Waals surface area contributed by atoms with E-state index < -0.39 is 0 Å². The summed E-state index contributed by atoms with van der Waals surface area (Å²) in [4.78, 5) is 2.11. The molecule has 1 heterocycles. The fourth-order valence-corrected chi connectivity index (χ4v) is 3.97. The summed E-state index contributed by atoms with van der Waals surface area (Å²) < 4.78 is 7.97. The van der Waals surface area contributed by atoms with Gasteiger partial charge in [-0.05, 0) is 53.9 Å². The predicted molar refractivity (Wildman–Crippen MR) is 132 cm³/mol. The van der Waals surface area contributed by atoms with Crippen LogP contribution in [0.25, 0.3) is 11.0 Å². The van der Waals surface area contributed by atoms with Gasteiger partial charge < -0.3 is 9.64 Å². The Bertz CT molecular complexity index is 1120. The summed E-state index contributed by atoms with van der Waals surface area (Å²) in [6.07, 6.45) is 4.82. The van der Waals surface area contributed by atoms with Crippen LogP contribution in [0.5, 0.6) is 5.75 Å². The predicted octanol–water partition coefficient (Wildman–Crippen LogP) is 6.09. The molecule has 0 spiro atoms. The third-order valence-electron chi connectivity index (χ3n) is 5.81. The first-order chi connectivity index (χ1) is 15.7. The first kappa shape index (κ1) is 21.9. The number of fused-ring (bicyclic) bond motifs is 1. The molecule has 4 aromatic rings. The van der Waals surface area contributed by atoms with Gasteiger partial charge in [0.25, 0.3) is 0 Å². The van der Waals surface area contributed by atoms with Gasteiger partial charge in [0.2, 0.25) is 0 Å². The number of para-hydroxylation sites is 1. The fraction of sp³-hybridized carbons (Fsp3) is 0.333. The molecule has 0 amide bonds. The molecule has 32 heavy (non-hydrogen) atoms. The lowest BCUT2D eigenvalue weighted by atomic mass is 9.98. The summed E-state index contributed by atoms with van der Waals surface area (Å²) in [5, 5.41) is 8.93. The summed E-state index contributed by atoms with van der Waals surface area (Å²) in [6.45, 7) is 2.99. The van der Waals surface area contributed by atoms with Crippen molar-refractivity contribution >= 4 is 16.7 Å². The van der Waals surface area contributed by atoms with Gasteiger partial charge in [0.1, 0.15) is 17.3 Å². The number of benzene rings is 3. The van der Waals surface area contributed by atoms with Crippen LogP contribution in [0.15, 0.2) is 72.8 Å². The third kappa shape index (κ3) is 4.93. The molecule has 0 N–H and O–H groups in total. The van der Waals surface area contributed by atoms with Gasteiger partial charge in [-0.25, -0.2) is 4.68 Å². The van der Waals surface area contributed by atoms with Gasteiger partial charge in [0.05, 0.1) is 12.1 Å².